The molecule has 0 aliphatic rings. The van der Waals surface area contributed by atoms with Crippen LogP contribution in [0.1, 0.15) is 5.69 Å². The van der Waals surface area contributed by atoms with Crippen LogP contribution in [0, 0.1) is 0 Å². The number of nitrogen functional groups attached to an aromatic ring is 1. The number of rotatable bonds is 0. The minimum Gasteiger partial charge on any atom is -0.398 e. The molecule has 0 atom stereocenters. The average Bonchev–Trinajstić information content (AvgIpc) is 2.18. The van der Waals surface area contributed by atoms with Gasteiger partial charge in [-0.15, -0.1) is 0 Å². The summed E-state index contributed by atoms with van der Waals surface area (Å²) in [4.78, 5) is 3.47. The number of hydrogen-bond donors (Lipinski definition) is 1. The number of nitrogens with zero attached hydrogens (tertiary/aromatic N) is 1. The predicted octanol–water partition coefficient (Wildman–Crippen LogP) is 3.49. The van der Waals surface area contributed by atoms with Crippen LogP contribution in [0.5, 0.6) is 0 Å². The zero-order chi connectivity index (χ0) is 11.9. The van der Waals surface area contributed by atoms with Crippen LogP contribution >= 0.6 is 11.6 Å². The van der Waals surface area contributed by atoms with Crippen LogP contribution in [-0.2, 0) is 6.18 Å². The van der Waals surface area contributed by atoms with Gasteiger partial charge in [-0.1, -0.05) is 23.7 Å². The van der Waals surface area contributed by atoms with Crippen LogP contribution < -0.4 is 5.73 Å². The van der Waals surface area contributed by atoms with E-state index >= 15 is 0 Å². The number of alkyl halides is 3. The monoisotopic (exact) mass is 246 g/mol. The van der Waals surface area contributed by atoms with Crippen molar-refractivity contribution in [3.05, 3.63) is 35.0 Å². The summed E-state index contributed by atoms with van der Waals surface area (Å²) in [6.07, 6.45) is -4.53. The number of benzene rings is 1. The lowest BCUT2D eigenvalue weighted by Crippen LogP contribution is -2.09. The quantitative estimate of drug-likeness (QED) is 0.773. The third-order valence-electron chi connectivity index (χ3n) is 2.11. The van der Waals surface area contributed by atoms with E-state index in [9.17, 15) is 13.2 Å². The fourth-order valence-corrected chi connectivity index (χ4v) is 1.60. The fourth-order valence-electron chi connectivity index (χ4n) is 1.38. The summed E-state index contributed by atoms with van der Waals surface area (Å²) in [6.45, 7) is 0. The molecule has 0 amide bonds. The normalized spacial score (nSPS) is 12.0. The number of anilines is 1. The van der Waals surface area contributed by atoms with Gasteiger partial charge < -0.3 is 5.73 Å². The SMILES string of the molecule is Nc1cc(C(F)(F)F)nc2c(Cl)cccc12. The van der Waals surface area contributed by atoms with E-state index in [-0.39, 0.29) is 16.2 Å². The van der Waals surface area contributed by atoms with E-state index in [1.807, 2.05) is 0 Å². The van der Waals surface area contributed by atoms with Crippen molar-refractivity contribution in [2.75, 3.05) is 5.73 Å². The predicted molar refractivity (Wildman–Crippen MR) is 56.2 cm³/mol. The lowest BCUT2D eigenvalue weighted by Gasteiger charge is -2.09. The van der Waals surface area contributed by atoms with Gasteiger partial charge in [-0.3, -0.25) is 0 Å². The maximum Gasteiger partial charge on any atom is 0.433 e. The Kier molecular flexibility index (Phi) is 2.42. The third-order valence-corrected chi connectivity index (χ3v) is 2.42. The second kappa shape index (κ2) is 3.52. The molecule has 84 valence electrons. The molecule has 2 rings (SSSR count). The van der Waals surface area contributed by atoms with Crippen LogP contribution in [0.15, 0.2) is 24.3 Å². The molecular weight excluding hydrogens is 241 g/mol. The Hall–Kier alpha value is -1.49. The van der Waals surface area contributed by atoms with Gasteiger partial charge in [-0.2, -0.15) is 13.2 Å². The molecule has 0 unspecified atom stereocenters. The topological polar surface area (TPSA) is 38.9 Å². The Balaban J connectivity index is 2.81. The lowest BCUT2D eigenvalue weighted by molar-refractivity contribution is -0.140. The Morgan fingerprint density at radius 1 is 1.25 bits per heavy atom. The van der Waals surface area contributed by atoms with E-state index in [1.54, 1.807) is 12.1 Å². The summed E-state index contributed by atoms with van der Waals surface area (Å²) in [5.41, 5.74) is 4.57. The summed E-state index contributed by atoms with van der Waals surface area (Å²) in [7, 11) is 0. The Morgan fingerprint density at radius 2 is 1.94 bits per heavy atom. The molecule has 1 heterocycles. The van der Waals surface area contributed by atoms with E-state index in [0.29, 0.717) is 5.39 Å². The summed E-state index contributed by atoms with van der Waals surface area (Å²) in [5, 5.41) is 0.566. The van der Waals surface area contributed by atoms with Crippen LogP contribution in [0.2, 0.25) is 5.02 Å². The van der Waals surface area contributed by atoms with E-state index in [0.717, 1.165) is 6.07 Å². The molecule has 1 aromatic heterocycles. The number of nitrogens with two attached hydrogens (primary N) is 1. The highest BCUT2D eigenvalue weighted by Gasteiger charge is 2.33. The molecular formula is C10H6ClF3N2. The number of pyridine rings is 1. The molecule has 2 aromatic rings. The van der Waals surface area contributed by atoms with Gasteiger partial charge in [0.15, 0.2) is 0 Å². The largest absolute Gasteiger partial charge is 0.433 e. The molecule has 0 radical (unpaired) electrons. The van der Waals surface area contributed by atoms with Crippen molar-refractivity contribution in [2.24, 2.45) is 0 Å². The molecule has 0 spiro atoms. The van der Waals surface area contributed by atoms with E-state index in [1.165, 1.54) is 6.07 Å². The highest BCUT2D eigenvalue weighted by molar-refractivity contribution is 6.35. The van der Waals surface area contributed by atoms with Crippen LogP contribution in [0.3, 0.4) is 0 Å². The van der Waals surface area contributed by atoms with Crippen molar-refractivity contribution in [1.82, 2.24) is 4.98 Å². The lowest BCUT2D eigenvalue weighted by atomic mass is 10.1. The second-order valence-electron chi connectivity index (χ2n) is 3.23. The van der Waals surface area contributed by atoms with E-state index in [4.69, 9.17) is 17.3 Å². The van der Waals surface area contributed by atoms with Gasteiger partial charge in [0.05, 0.1) is 10.5 Å². The Morgan fingerprint density at radius 3 is 2.56 bits per heavy atom. The van der Waals surface area contributed by atoms with Crippen LogP contribution in [0.25, 0.3) is 10.9 Å². The molecule has 0 fully saturated rings. The first-order chi connectivity index (χ1) is 7.39. The van der Waals surface area contributed by atoms with Crippen molar-refractivity contribution in [1.29, 1.82) is 0 Å². The molecule has 0 aliphatic carbocycles. The Labute approximate surface area is 93.8 Å². The number of fused-ring (bicyclic) bond motifs is 1. The van der Waals surface area contributed by atoms with Crippen molar-refractivity contribution < 1.29 is 13.2 Å². The Bertz CT molecular complexity index is 551. The first kappa shape index (κ1) is 11.0. The molecule has 0 aliphatic heterocycles. The van der Waals surface area contributed by atoms with Gasteiger partial charge in [0, 0.05) is 11.1 Å². The van der Waals surface area contributed by atoms with Gasteiger partial charge in [0.2, 0.25) is 0 Å². The molecule has 6 heteroatoms. The van der Waals surface area contributed by atoms with Gasteiger partial charge in [0.25, 0.3) is 0 Å². The standard InChI is InChI=1S/C10H6ClF3N2/c11-6-3-1-2-5-7(15)4-8(10(12,13)14)16-9(5)6/h1-4H,(H2,15,16). The van der Waals surface area contributed by atoms with Crippen molar-refractivity contribution in [3.63, 3.8) is 0 Å². The molecule has 1 aromatic carbocycles. The molecule has 2 N–H and O–H groups in total. The van der Waals surface area contributed by atoms with Gasteiger partial charge in [0.1, 0.15) is 5.69 Å². The minimum absolute atomic E-state index is 0.0137. The molecule has 2 nitrogen and oxygen atoms in total. The number of hydrogen-bond acceptors (Lipinski definition) is 2. The van der Waals surface area contributed by atoms with Gasteiger partial charge in [-0.25, -0.2) is 4.98 Å². The molecule has 16 heavy (non-hydrogen) atoms. The van der Waals surface area contributed by atoms with Crippen LogP contribution in [-0.4, -0.2) is 4.98 Å². The summed E-state index contributed by atoms with van der Waals surface area (Å²) >= 11 is 5.77. The third kappa shape index (κ3) is 1.78. The molecule has 0 bridgehead atoms. The van der Waals surface area contributed by atoms with Crippen LogP contribution in [0.4, 0.5) is 18.9 Å². The molecule has 0 saturated heterocycles. The molecule has 0 saturated carbocycles. The van der Waals surface area contributed by atoms with Gasteiger partial charge >= 0.3 is 6.18 Å². The van der Waals surface area contributed by atoms with Gasteiger partial charge in [-0.05, 0) is 12.1 Å². The number of para-hydroxylation sites is 1. The van der Waals surface area contributed by atoms with Crippen molar-refractivity contribution in [2.45, 2.75) is 6.18 Å². The first-order valence-corrected chi connectivity index (χ1v) is 4.69. The highest BCUT2D eigenvalue weighted by Crippen LogP contribution is 2.33. The summed E-state index contributed by atoms with van der Waals surface area (Å²) < 4.78 is 37.4. The number of halogens is 4. The highest BCUT2D eigenvalue weighted by atomic mass is 35.5. The maximum atomic E-state index is 12.5. The minimum atomic E-state index is -4.53. The summed E-state index contributed by atoms with van der Waals surface area (Å²) in [5.74, 6) is 0. The number of aromatic nitrogens is 1. The van der Waals surface area contributed by atoms with E-state index < -0.39 is 11.9 Å². The second-order valence-corrected chi connectivity index (χ2v) is 3.64. The zero-order valence-corrected chi connectivity index (χ0v) is 8.60. The first-order valence-electron chi connectivity index (χ1n) is 4.31. The van der Waals surface area contributed by atoms with Crippen molar-refractivity contribution >= 4 is 28.2 Å². The van der Waals surface area contributed by atoms with Crippen molar-refractivity contribution in [3.8, 4) is 0 Å². The average molecular weight is 247 g/mol. The summed E-state index contributed by atoms with van der Waals surface area (Å²) in [6, 6.07) is 5.45. The zero-order valence-electron chi connectivity index (χ0n) is 7.85. The smallest absolute Gasteiger partial charge is 0.398 e. The fraction of sp³-hybridized carbons (Fsp3) is 0.100. The van der Waals surface area contributed by atoms with E-state index in [2.05, 4.69) is 4.98 Å². The maximum absolute atomic E-state index is 12.5.